The number of amides is 1. The Labute approximate surface area is 168 Å². The van der Waals surface area contributed by atoms with Crippen LogP contribution in [-0.2, 0) is 4.79 Å². The van der Waals surface area contributed by atoms with Gasteiger partial charge in [0.2, 0.25) is 5.91 Å². The van der Waals surface area contributed by atoms with Gasteiger partial charge in [-0.05, 0) is 30.5 Å². The first-order valence-electron chi connectivity index (χ1n) is 8.62. The van der Waals surface area contributed by atoms with E-state index in [1.807, 2.05) is 55.5 Å². The van der Waals surface area contributed by atoms with Gasteiger partial charge in [-0.1, -0.05) is 49.4 Å². The fraction of sp³-hybridized carbons (Fsp3) is 0.350. The standard InChI is InChI=1S/C20H25N3O.2ClH/c1-15(19(21)16-9-3-2-4-10-16)20(24)22-17-11-5-6-12-18(17)23-13-7-8-14-23;;/h2-6,9-12,15,19H,7-8,13-14,21H2,1H3,(H,22,24);2*1H. The zero-order valence-electron chi connectivity index (χ0n) is 14.9. The Bertz CT molecular complexity index is 690. The SMILES string of the molecule is CC(C(=O)Nc1ccccc1N1CCCC1)C(N)c1ccccc1.Cl.Cl. The molecule has 1 aliphatic heterocycles. The van der Waals surface area contributed by atoms with Gasteiger partial charge in [0.25, 0.3) is 0 Å². The van der Waals surface area contributed by atoms with E-state index < -0.39 is 0 Å². The molecule has 1 aliphatic rings. The number of nitrogens with two attached hydrogens (primary N) is 1. The van der Waals surface area contributed by atoms with Gasteiger partial charge in [0.1, 0.15) is 0 Å². The number of nitrogens with one attached hydrogen (secondary N) is 1. The third-order valence-electron chi connectivity index (χ3n) is 4.75. The fourth-order valence-electron chi connectivity index (χ4n) is 3.19. The molecule has 2 aromatic rings. The lowest BCUT2D eigenvalue weighted by Crippen LogP contribution is -2.31. The van der Waals surface area contributed by atoms with Gasteiger partial charge in [-0.25, -0.2) is 0 Å². The first kappa shape index (κ1) is 22.3. The van der Waals surface area contributed by atoms with E-state index in [0.717, 1.165) is 30.0 Å². The Balaban J connectivity index is 0.00000169. The Morgan fingerprint density at radius 3 is 2.23 bits per heavy atom. The minimum atomic E-state index is -0.315. The van der Waals surface area contributed by atoms with Crippen LogP contribution in [0, 0.1) is 5.92 Å². The molecule has 142 valence electrons. The summed E-state index contributed by atoms with van der Waals surface area (Å²) in [6.07, 6.45) is 2.41. The largest absolute Gasteiger partial charge is 0.370 e. The topological polar surface area (TPSA) is 58.4 Å². The lowest BCUT2D eigenvalue weighted by atomic mass is 9.94. The molecule has 1 fully saturated rings. The van der Waals surface area contributed by atoms with Crippen molar-refractivity contribution in [2.24, 2.45) is 11.7 Å². The number of anilines is 2. The second-order valence-electron chi connectivity index (χ2n) is 6.43. The van der Waals surface area contributed by atoms with Crippen molar-refractivity contribution in [3.63, 3.8) is 0 Å². The van der Waals surface area contributed by atoms with Crippen molar-refractivity contribution in [3.8, 4) is 0 Å². The highest BCUT2D eigenvalue weighted by Crippen LogP contribution is 2.30. The Kier molecular flexibility index (Phi) is 8.93. The second-order valence-corrected chi connectivity index (χ2v) is 6.43. The normalized spacial score (nSPS) is 15.4. The number of rotatable bonds is 5. The van der Waals surface area contributed by atoms with Crippen molar-refractivity contribution in [3.05, 3.63) is 60.2 Å². The van der Waals surface area contributed by atoms with Crippen molar-refractivity contribution in [2.75, 3.05) is 23.3 Å². The molecule has 1 amide bonds. The van der Waals surface area contributed by atoms with Crippen LogP contribution in [-0.4, -0.2) is 19.0 Å². The molecule has 26 heavy (non-hydrogen) atoms. The Hall–Kier alpha value is -1.75. The minimum absolute atomic E-state index is 0. The van der Waals surface area contributed by atoms with E-state index in [1.165, 1.54) is 12.8 Å². The maximum Gasteiger partial charge on any atom is 0.229 e. The molecule has 0 aliphatic carbocycles. The zero-order valence-corrected chi connectivity index (χ0v) is 16.6. The lowest BCUT2D eigenvalue weighted by Gasteiger charge is -2.24. The van der Waals surface area contributed by atoms with Gasteiger partial charge in [0.05, 0.1) is 17.3 Å². The van der Waals surface area contributed by atoms with Gasteiger partial charge < -0.3 is 16.0 Å². The second kappa shape index (κ2) is 10.4. The summed E-state index contributed by atoms with van der Waals surface area (Å²) in [4.78, 5) is 15.0. The summed E-state index contributed by atoms with van der Waals surface area (Å²) >= 11 is 0. The van der Waals surface area contributed by atoms with E-state index in [2.05, 4.69) is 16.3 Å². The number of benzene rings is 2. The van der Waals surface area contributed by atoms with Crippen molar-refractivity contribution in [1.82, 2.24) is 0 Å². The van der Waals surface area contributed by atoms with Crippen LogP contribution in [0.25, 0.3) is 0 Å². The molecule has 4 nitrogen and oxygen atoms in total. The van der Waals surface area contributed by atoms with Crippen molar-refractivity contribution in [2.45, 2.75) is 25.8 Å². The maximum atomic E-state index is 12.7. The molecule has 1 saturated heterocycles. The van der Waals surface area contributed by atoms with Crippen LogP contribution in [0.1, 0.15) is 31.4 Å². The lowest BCUT2D eigenvalue weighted by molar-refractivity contribution is -0.120. The van der Waals surface area contributed by atoms with Gasteiger partial charge >= 0.3 is 0 Å². The van der Waals surface area contributed by atoms with Gasteiger partial charge in [0, 0.05) is 19.1 Å². The smallest absolute Gasteiger partial charge is 0.229 e. The maximum absolute atomic E-state index is 12.7. The predicted molar refractivity (Wildman–Crippen MR) is 114 cm³/mol. The molecule has 2 unspecified atom stereocenters. The van der Waals surface area contributed by atoms with Crippen LogP contribution < -0.4 is 16.0 Å². The van der Waals surface area contributed by atoms with Gasteiger partial charge in [-0.3, -0.25) is 4.79 Å². The van der Waals surface area contributed by atoms with Crippen LogP contribution in [0.3, 0.4) is 0 Å². The van der Waals surface area contributed by atoms with E-state index in [4.69, 9.17) is 5.73 Å². The summed E-state index contributed by atoms with van der Waals surface area (Å²) in [5.41, 5.74) is 9.23. The number of halogens is 2. The predicted octanol–water partition coefficient (Wildman–Crippen LogP) is 4.41. The monoisotopic (exact) mass is 395 g/mol. The number of hydrogen-bond donors (Lipinski definition) is 2. The van der Waals surface area contributed by atoms with E-state index in [1.54, 1.807) is 0 Å². The Morgan fingerprint density at radius 1 is 1.00 bits per heavy atom. The first-order chi connectivity index (χ1) is 11.7. The van der Waals surface area contributed by atoms with E-state index in [-0.39, 0.29) is 42.7 Å². The van der Waals surface area contributed by atoms with Crippen LogP contribution in [0.4, 0.5) is 11.4 Å². The number of carbonyl (C=O) groups excluding carboxylic acids is 1. The average Bonchev–Trinajstić information content (AvgIpc) is 3.16. The molecule has 0 spiro atoms. The molecule has 0 bridgehead atoms. The molecule has 1 heterocycles. The number of nitrogens with zero attached hydrogens (tertiary/aromatic N) is 1. The molecule has 3 N–H and O–H groups in total. The first-order valence-corrected chi connectivity index (χ1v) is 8.62. The minimum Gasteiger partial charge on any atom is -0.370 e. The van der Waals surface area contributed by atoms with E-state index >= 15 is 0 Å². The molecule has 0 aromatic heterocycles. The molecule has 2 aromatic carbocycles. The molecule has 0 radical (unpaired) electrons. The highest BCUT2D eigenvalue weighted by atomic mass is 35.5. The fourth-order valence-corrected chi connectivity index (χ4v) is 3.19. The number of carbonyl (C=O) groups is 1. The molecule has 2 atom stereocenters. The quantitative estimate of drug-likeness (QED) is 0.788. The summed E-state index contributed by atoms with van der Waals surface area (Å²) < 4.78 is 0. The highest BCUT2D eigenvalue weighted by Gasteiger charge is 2.24. The molecule has 6 heteroatoms. The summed E-state index contributed by atoms with van der Waals surface area (Å²) in [5.74, 6) is -0.350. The summed E-state index contributed by atoms with van der Waals surface area (Å²) in [5, 5.41) is 3.08. The van der Waals surface area contributed by atoms with E-state index in [0.29, 0.717) is 0 Å². The zero-order chi connectivity index (χ0) is 16.9. The van der Waals surface area contributed by atoms with Crippen LogP contribution >= 0.6 is 24.8 Å². The number of hydrogen-bond acceptors (Lipinski definition) is 3. The van der Waals surface area contributed by atoms with Crippen LogP contribution in [0.15, 0.2) is 54.6 Å². The molecule has 0 saturated carbocycles. The van der Waals surface area contributed by atoms with Crippen molar-refractivity contribution < 1.29 is 4.79 Å². The van der Waals surface area contributed by atoms with Crippen LogP contribution in [0.2, 0.25) is 0 Å². The summed E-state index contributed by atoms with van der Waals surface area (Å²) in [7, 11) is 0. The van der Waals surface area contributed by atoms with Crippen molar-refractivity contribution >= 4 is 42.1 Å². The Morgan fingerprint density at radius 2 is 1.58 bits per heavy atom. The van der Waals surface area contributed by atoms with Crippen molar-refractivity contribution in [1.29, 1.82) is 0 Å². The third-order valence-corrected chi connectivity index (χ3v) is 4.75. The van der Waals surface area contributed by atoms with Crippen LogP contribution in [0.5, 0.6) is 0 Å². The average molecular weight is 396 g/mol. The molecule has 3 rings (SSSR count). The van der Waals surface area contributed by atoms with Gasteiger partial charge in [-0.2, -0.15) is 0 Å². The highest BCUT2D eigenvalue weighted by molar-refractivity contribution is 5.96. The van der Waals surface area contributed by atoms with Gasteiger partial charge in [0.15, 0.2) is 0 Å². The summed E-state index contributed by atoms with van der Waals surface area (Å²) in [6, 6.07) is 17.5. The molecular weight excluding hydrogens is 369 g/mol. The number of para-hydroxylation sites is 2. The molecular formula is C20H27Cl2N3O. The third kappa shape index (κ3) is 5.13. The van der Waals surface area contributed by atoms with Gasteiger partial charge in [-0.15, -0.1) is 24.8 Å². The van der Waals surface area contributed by atoms with E-state index in [9.17, 15) is 4.79 Å². The summed E-state index contributed by atoms with van der Waals surface area (Å²) in [6.45, 7) is 3.98.